The molecule has 0 amide bonds. The normalized spacial score (nSPS) is 16.1. The molecule has 3 aromatic rings. The Labute approximate surface area is 193 Å². The Morgan fingerprint density at radius 1 is 0.969 bits per heavy atom. The standard InChI is InChI=1S/C23H29ClN6O2/c1-28-12-14-29(15-13-28)22(18-5-7-19(24)8-6-18)23-25-26-27-30(23)11-10-17-4-9-20(31-2)21(16-17)32-3/h4-9,16,22H,10-15H2,1-3H3/t22-/m0/s1. The van der Waals surface area contributed by atoms with Gasteiger partial charge in [0.15, 0.2) is 17.3 Å². The number of piperazine rings is 1. The van der Waals surface area contributed by atoms with E-state index in [0.717, 1.165) is 66.1 Å². The van der Waals surface area contributed by atoms with E-state index in [1.165, 1.54) is 0 Å². The molecule has 0 aliphatic carbocycles. The van der Waals surface area contributed by atoms with E-state index in [4.69, 9.17) is 21.1 Å². The number of ether oxygens (including phenoxy) is 2. The van der Waals surface area contributed by atoms with Crippen molar-refractivity contribution in [2.45, 2.75) is 19.0 Å². The van der Waals surface area contributed by atoms with Gasteiger partial charge in [-0.15, -0.1) is 5.10 Å². The molecule has 8 nitrogen and oxygen atoms in total. The summed E-state index contributed by atoms with van der Waals surface area (Å²) in [5.41, 5.74) is 2.27. The van der Waals surface area contributed by atoms with Crippen LogP contribution in [0.3, 0.4) is 0 Å². The van der Waals surface area contributed by atoms with Gasteiger partial charge in [-0.25, -0.2) is 4.68 Å². The van der Waals surface area contributed by atoms with Crippen LogP contribution in [0.25, 0.3) is 0 Å². The molecule has 1 atom stereocenters. The molecule has 2 aromatic carbocycles. The zero-order valence-electron chi connectivity index (χ0n) is 18.7. The Kier molecular flexibility index (Phi) is 7.24. The summed E-state index contributed by atoms with van der Waals surface area (Å²) < 4.78 is 12.7. The van der Waals surface area contributed by atoms with Gasteiger partial charge in [-0.3, -0.25) is 4.90 Å². The Hall–Kier alpha value is -2.68. The third-order valence-electron chi connectivity index (χ3n) is 5.95. The summed E-state index contributed by atoms with van der Waals surface area (Å²) in [6.45, 7) is 4.59. The largest absolute Gasteiger partial charge is 0.493 e. The van der Waals surface area contributed by atoms with Crippen molar-refractivity contribution in [2.24, 2.45) is 0 Å². The highest BCUT2D eigenvalue weighted by Gasteiger charge is 2.29. The van der Waals surface area contributed by atoms with Gasteiger partial charge >= 0.3 is 0 Å². The molecule has 1 aliphatic heterocycles. The van der Waals surface area contributed by atoms with E-state index in [1.54, 1.807) is 14.2 Å². The van der Waals surface area contributed by atoms with Gasteiger partial charge in [0.2, 0.25) is 0 Å². The van der Waals surface area contributed by atoms with Gasteiger partial charge < -0.3 is 14.4 Å². The Morgan fingerprint density at radius 2 is 1.69 bits per heavy atom. The van der Waals surface area contributed by atoms with Crippen LogP contribution in [0.15, 0.2) is 42.5 Å². The topological polar surface area (TPSA) is 68.5 Å². The number of rotatable bonds is 8. The van der Waals surface area contributed by atoms with Crippen molar-refractivity contribution in [1.29, 1.82) is 0 Å². The predicted octanol–water partition coefficient (Wildman–Crippen LogP) is 2.92. The van der Waals surface area contributed by atoms with E-state index in [2.05, 4.69) is 44.5 Å². The van der Waals surface area contributed by atoms with E-state index in [0.29, 0.717) is 6.54 Å². The van der Waals surface area contributed by atoms with Gasteiger partial charge in [-0.05, 0) is 59.3 Å². The minimum Gasteiger partial charge on any atom is -0.493 e. The quantitative estimate of drug-likeness (QED) is 0.516. The molecule has 32 heavy (non-hydrogen) atoms. The average molecular weight is 457 g/mol. The van der Waals surface area contributed by atoms with Crippen LogP contribution in [0, 0.1) is 0 Å². The van der Waals surface area contributed by atoms with E-state index in [9.17, 15) is 0 Å². The number of nitrogens with zero attached hydrogens (tertiary/aromatic N) is 6. The van der Waals surface area contributed by atoms with Crippen LogP contribution in [0.5, 0.6) is 11.5 Å². The molecule has 9 heteroatoms. The molecule has 1 fully saturated rings. The first kappa shape index (κ1) is 22.5. The summed E-state index contributed by atoms with van der Waals surface area (Å²) in [7, 11) is 5.44. The average Bonchev–Trinajstić information content (AvgIpc) is 3.28. The summed E-state index contributed by atoms with van der Waals surface area (Å²) in [6.07, 6.45) is 0.772. The molecule has 1 aliphatic rings. The van der Waals surface area contributed by atoms with Gasteiger partial charge in [0.05, 0.1) is 20.3 Å². The van der Waals surface area contributed by atoms with Crippen LogP contribution in [-0.2, 0) is 13.0 Å². The lowest BCUT2D eigenvalue weighted by Gasteiger charge is -2.37. The molecule has 0 spiro atoms. The second-order valence-corrected chi connectivity index (χ2v) is 8.43. The fraction of sp³-hybridized carbons (Fsp3) is 0.435. The second-order valence-electron chi connectivity index (χ2n) is 7.99. The Bertz CT molecular complexity index is 1020. The number of aryl methyl sites for hydroxylation is 2. The maximum absolute atomic E-state index is 6.16. The Balaban J connectivity index is 1.58. The van der Waals surface area contributed by atoms with E-state index in [-0.39, 0.29) is 6.04 Å². The molecule has 0 radical (unpaired) electrons. The molecular weight excluding hydrogens is 428 g/mol. The molecular formula is C23H29ClN6O2. The minimum atomic E-state index is -0.0265. The Morgan fingerprint density at radius 3 is 2.38 bits per heavy atom. The molecule has 4 rings (SSSR count). The molecule has 0 bridgehead atoms. The van der Waals surface area contributed by atoms with Crippen molar-refractivity contribution < 1.29 is 9.47 Å². The minimum absolute atomic E-state index is 0.0265. The predicted molar refractivity (Wildman–Crippen MR) is 123 cm³/mol. The van der Waals surface area contributed by atoms with Crippen molar-refractivity contribution in [1.82, 2.24) is 30.0 Å². The van der Waals surface area contributed by atoms with Crippen LogP contribution in [-0.4, -0.2) is 77.5 Å². The van der Waals surface area contributed by atoms with E-state index < -0.39 is 0 Å². The lowest BCUT2D eigenvalue weighted by molar-refractivity contribution is 0.121. The van der Waals surface area contributed by atoms with Crippen LogP contribution in [0.2, 0.25) is 5.02 Å². The number of halogens is 1. The first-order chi connectivity index (χ1) is 15.6. The lowest BCUT2D eigenvalue weighted by atomic mass is 10.0. The summed E-state index contributed by atoms with van der Waals surface area (Å²) >= 11 is 6.16. The molecule has 0 unspecified atom stereocenters. The molecule has 2 heterocycles. The molecule has 170 valence electrons. The first-order valence-electron chi connectivity index (χ1n) is 10.7. The second kappa shape index (κ2) is 10.3. The van der Waals surface area contributed by atoms with Gasteiger partial charge in [0.25, 0.3) is 0 Å². The number of hydrogen-bond donors (Lipinski definition) is 0. The highest BCUT2D eigenvalue weighted by atomic mass is 35.5. The maximum atomic E-state index is 6.16. The molecule has 0 saturated carbocycles. The number of benzene rings is 2. The summed E-state index contributed by atoms with van der Waals surface area (Å²) in [5, 5.41) is 13.5. The van der Waals surface area contributed by atoms with Crippen molar-refractivity contribution in [3.63, 3.8) is 0 Å². The zero-order chi connectivity index (χ0) is 22.5. The molecule has 1 saturated heterocycles. The smallest absolute Gasteiger partial charge is 0.173 e. The first-order valence-corrected chi connectivity index (χ1v) is 11.1. The molecule has 0 N–H and O–H groups in total. The number of tetrazole rings is 1. The van der Waals surface area contributed by atoms with Crippen LogP contribution in [0.1, 0.15) is 23.0 Å². The molecule has 1 aromatic heterocycles. The van der Waals surface area contributed by atoms with Gasteiger partial charge in [0.1, 0.15) is 0 Å². The van der Waals surface area contributed by atoms with Crippen molar-refractivity contribution >= 4 is 11.6 Å². The van der Waals surface area contributed by atoms with Gasteiger partial charge in [0, 0.05) is 37.7 Å². The fourth-order valence-corrected chi connectivity index (χ4v) is 4.21. The van der Waals surface area contributed by atoms with E-state index in [1.807, 2.05) is 35.0 Å². The third-order valence-corrected chi connectivity index (χ3v) is 6.21. The zero-order valence-corrected chi connectivity index (χ0v) is 19.5. The number of aromatic nitrogens is 4. The summed E-state index contributed by atoms with van der Waals surface area (Å²) in [6, 6.07) is 13.9. The number of hydrogen-bond acceptors (Lipinski definition) is 7. The third kappa shape index (κ3) is 5.03. The highest BCUT2D eigenvalue weighted by Crippen LogP contribution is 2.30. The van der Waals surface area contributed by atoms with Crippen molar-refractivity contribution in [2.75, 3.05) is 47.4 Å². The van der Waals surface area contributed by atoms with Gasteiger partial charge in [-0.2, -0.15) is 0 Å². The highest BCUT2D eigenvalue weighted by molar-refractivity contribution is 6.30. The maximum Gasteiger partial charge on any atom is 0.173 e. The van der Waals surface area contributed by atoms with Gasteiger partial charge in [-0.1, -0.05) is 29.8 Å². The van der Waals surface area contributed by atoms with Crippen LogP contribution >= 0.6 is 11.6 Å². The van der Waals surface area contributed by atoms with Crippen LogP contribution < -0.4 is 9.47 Å². The number of likely N-dealkylation sites (N-methyl/N-ethyl adjacent to an activating group) is 1. The SMILES string of the molecule is COc1ccc(CCn2nnnc2[C@H](c2ccc(Cl)cc2)N2CCN(C)CC2)cc1OC. The van der Waals surface area contributed by atoms with E-state index >= 15 is 0 Å². The monoisotopic (exact) mass is 456 g/mol. The summed E-state index contributed by atoms with van der Waals surface area (Å²) in [5.74, 6) is 2.29. The van der Waals surface area contributed by atoms with Crippen molar-refractivity contribution in [3.8, 4) is 11.5 Å². The summed E-state index contributed by atoms with van der Waals surface area (Å²) in [4.78, 5) is 4.79. The van der Waals surface area contributed by atoms with Crippen LogP contribution in [0.4, 0.5) is 0 Å². The fourth-order valence-electron chi connectivity index (χ4n) is 4.09. The lowest BCUT2D eigenvalue weighted by Crippen LogP contribution is -2.46. The van der Waals surface area contributed by atoms with Crippen molar-refractivity contribution in [3.05, 3.63) is 64.4 Å². The number of methoxy groups -OCH3 is 2.